The minimum Gasteiger partial charge on any atom is -0.399 e. The number of amides is 1. The van der Waals surface area contributed by atoms with E-state index < -0.39 is 0 Å². The van der Waals surface area contributed by atoms with Crippen LogP contribution in [0.5, 0.6) is 0 Å². The van der Waals surface area contributed by atoms with Crippen LogP contribution in [0.3, 0.4) is 0 Å². The predicted octanol–water partition coefficient (Wildman–Crippen LogP) is 2.52. The monoisotopic (exact) mass is 289 g/mol. The second kappa shape index (κ2) is 7.46. The van der Waals surface area contributed by atoms with Gasteiger partial charge in [0.15, 0.2) is 0 Å². The van der Waals surface area contributed by atoms with E-state index in [0.29, 0.717) is 12.6 Å². The predicted molar refractivity (Wildman–Crippen MR) is 86.5 cm³/mol. The van der Waals surface area contributed by atoms with Gasteiger partial charge in [-0.3, -0.25) is 9.69 Å². The third-order valence-corrected chi connectivity index (χ3v) is 4.54. The molecular weight excluding hydrogens is 262 g/mol. The van der Waals surface area contributed by atoms with E-state index in [9.17, 15) is 4.79 Å². The molecule has 0 aromatic heterocycles. The van der Waals surface area contributed by atoms with Crippen LogP contribution in [0.4, 0.5) is 5.69 Å². The minimum absolute atomic E-state index is 0.252. The SMILES string of the molecule is CCC1CCCC(N(CC(N)=O)Cc2cccc(N)c2)C1. The number of hydrogen-bond acceptors (Lipinski definition) is 3. The van der Waals surface area contributed by atoms with Crippen molar-refractivity contribution in [1.82, 2.24) is 4.90 Å². The number of carbonyl (C=O) groups excluding carboxylic acids is 1. The van der Waals surface area contributed by atoms with E-state index in [-0.39, 0.29) is 5.91 Å². The maximum atomic E-state index is 11.4. The first-order valence-electron chi connectivity index (χ1n) is 7.95. The summed E-state index contributed by atoms with van der Waals surface area (Å²) in [6, 6.07) is 8.34. The van der Waals surface area contributed by atoms with Crippen LogP contribution in [0.2, 0.25) is 0 Å². The maximum Gasteiger partial charge on any atom is 0.231 e. The van der Waals surface area contributed by atoms with E-state index in [2.05, 4.69) is 17.9 Å². The van der Waals surface area contributed by atoms with E-state index in [1.54, 1.807) is 0 Å². The minimum atomic E-state index is -0.252. The third kappa shape index (κ3) is 4.74. The van der Waals surface area contributed by atoms with Gasteiger partial charge in [0.2, 0.25) is 5.91 Å². The Morgan fingerprint density at radius 1 is 1.38 bits per heavy atom. The number of rotatable bonds is 6. The number of nitrogens with two attached hydrogens (primary N) is 2. The quantitative estimate of drug-likeness (QED) is 0.790. The zero-order chi connectivity index (χ0) is 15.2. The summed E-state index contributed by atoms with van der Waals surface area (Å²) in [4.78, 5) is 13.7. The third-order valence-electron chi connectivity index (χ3n) is 4.54. The molecule has 1 fully saturated rings. The number of anilines is 1. The number of nitrogen functional groups attached to an aromatic ring is 1. The lowest BCUT2D eigenvalue weighted by Gasteiger charge is -2.37. The molecule has 2 rings (SSSR count). The van der Waals surface area contributed by atoms with Gasteiger partial charge in [0.1, 0.15) is 0 Å². The molecule has 0 radical (unpaired) electrons. The second-order valence-corrected chi connectivity index (χ2v) is 6.21. The molecule has 0 heterocycles. The Morgan fingerprint density at radius 3 is 2.86 bits per heavy atom. The molecule has 1 saturated carbocycles. The van der Waals surface area contributed by atoms with Gasteiger partial charge in [-0.2, -0.15) is 0 Å². The Labute approximate surface area is 127 Å². The summed E-state index contributed by atoms with van der Waals surface area (Å²) in [5.74, 6) is 0.525. The van der Waals surface area contributed by atoms with Crippen LogP contribution >= 0.6 is 0 Å². The van der Waals surface area contributed by atoms with Gasteiger partial charge in [-0.1, -0.05) is 38.3 Å². The molecule has 2 unspecified atom stereocenters. The van der Waals surface area contributed by atoms with Gasteiger partial charge in [0.25, 0.3) is 0 Å². The smallest absolute Gasteiger partial charge is 0.231 e. The number of benzene rings is 1. The highest BCUT2D eigenvalue weighted by Crippen LogP contribution is 2.30. The average molecular weight is 289 g/mol. The summed E-state index contributed by atoms with van der Waals surface area (Å²) in [7, 11) is 0. The van der Waals surface area contributed by atoms with Gasteiger partial charge >= 0.3 is 0 Å². The topological polar surface area (TPSA) is 72.3 Å². The standard InChI is InChI=1S/C17H27N3O/c1-2-13-5-4-8-16(10-13)20(12-17(19)21)11-14-6-3-7-15(18)9-14/h3,6-7,9,13,16H,2,4-5,8,10-12,18H2,1H3,(H2,19,21). The summed E-state index contributed by atoms with van der Waals surface area (Å²) in [6.45, 7) is 3.33. The van der Waals surface area contributed by atoms with Crippen molar-refractivity contribution in [2.75, 3.05) is 12.3 Å². The molecule has 0 saturated heterocycles. The molecule has 116 valence electrons. The molecule has 0 spiro atoms. The highest BCUT2D eigenvalue weighted by Gasteiger charge is 2.26. The van der Waals surface area contributed by atoms with Crippen molar-refractivity contribution < 1.29 is 4.79 Å². The first-order valence-corrected chi connectivity index (χ1v) is 7.95. The average Bonchev–Trinajstić information content (AvgIpc) is 2.46. The highest BCUT2D eigenvalue weighted by molar-refractivity contribution is 5.76. The Kier molecular flexibility index (Phi) is 5.62. The summed E-state index contributed by atoms with van der Waals surface area (Å²) >= 11 is 0. The molecule has 21 heavy (non-hydrogen) atoms. The van der Waals surface area contributed by atoms with Crippen molar-refractivity contribution in [3.8, 4) is 0 Å². The van der Waals surface area contributed by atoms with Crippen LogP contribution in [-0.4, -0.2) is 23.4 Å². The van der Waals surface area contributed by atoms with Crippen LogP contribution in [0.25, 0.3) is 0 Å². The second-order valence-electron chi connectivity index (χ2n) is 6.21. The first kappa shape index (κ1) is 15.8. The fraction of sp³-hybridized carbons (Fsp3) is 0.588. The molecule has 1 amide bonds. The largest absolute Gasteiger partial charge is 0.399 e. The lowest BCUT2D eigenvalue weighted by atomic mass is 9.83. The molecule has 4 heteroatoms. The first-order chi connectivity index (χ1) is 10.1. The van der Waals surface area contributed by atoms with Crippen LogP contribution in [0, 0.1) is 5.92 Å². The molecule has 1 aromatic carbocycles. The van der Waals surface area contributed by atoms with Crippen molar-refractivity contribution >= 4 is 11.6 Å². The van der Waals surface area contributed by atoms with E-state index in [4.69, 9.17) is 11.5 Å². The molecule has 0 bridgehead atoms. The number of carbonyl (C=O) groups is 1. The zero-order valence-corrected chi connectivity index (χ0v) is 12.9. The van der Waals surface area contributed by atoms with Gasteiger partial charge in [-0.25, -0.2) is 0 Å². The molecule has 0 aliphatic heterocycles. The molecule has 2 atom stereocenters. The molecule has 4 nitrogen and oxygen atoms in total. The van der Waals surface area contributed by atoms with Crippen LogP contribution in [0.15, 0.2) is 24.3 Å². The molecule has 1 aliphatic carbocycles. The lowest BCUT2D eigenvalue weighted by molar-refractivity contribution is -0.120. The zero-order valence-electron chi connectivity index (χ0n) is 12.9. The number of primary amides is 1. The van der Waals surface area contributed by atoms with Crippen molar-refractivity contribution in [3.05, 3.63) is 29.8 Å². The normalized spacial score (nSPS) is 22.4. The van der Waals surface area contributed by atoms with E-state index >= 15 is 0 Å². The Bertz CT molecular complexity index is 475. The maximum absolute atomic E-state index is 11.4. The fourth-order valence-electron chi connectivity index (χ4n) is 3.41. The summed E-state index contributed by atoms with van der Waals surface area (Å²) in [6.07, 6.45) is 6.11. The summed E-state index contributed by atoms with van der Waals surface area (Å²) in [5.41, 5.74) is 13.2. The fourth-order valence-corrected chi connectivity index (χ4v) is 3.41. The van der Waals surface area contributed by atoms with Crippen molar-refractivity contribution in [3.63, 3.8) is 0 Å². The van der Waals surface area contributed by atoms with Crippen LogP contribution in [0.1, 0.15) is 44.6 Å². The van der Waals surface area contributed by atoms with Gasteiger partial charge in [-0.05, 0) is 36.5 Å². The van der Waals surface area contributed by atoms with Crippen LogP contribution < -0.4 is 11.5 Å². The van der Waals surface area contributed by atoms with Gasteiger partial charge in [-0.15, -0.1) is 0 Å². The molecule has 1 aliphatic rings. The summed E-state index contributed by atoms with van der Waals surface area (Å²) in [5, 5.41) is 0. The van der Waals surface area contributed by atoms with E-state index in [1.807, 2.05) is 18.2 Å². The van der Waals surface area contributed by atoms with Gasteiger partial charge in [0.05, 0.1) is 6.54 Å². The number of hydrogen-bond donors (Lipinski definition) is 2. The van der Waals surface area contributed by atoms with E-state index in [0.717, 1.165) is 30.1 Å². The lowest BCUT2D eigenvalue weighted by Crippen LogP contribution is -2.43. The Hall–Kier alpha value is -1.55. The van der Waals surface area contributed by atoms with E-state index in [1.165, 1.54) is 25.7 Å². The molecular formula is C17H27N3O. The molecule has 4 N–H and O–H groups in total. The Morgan fingerprint density at radius 2 is 2.19 bits per heavy atom. The van der Waals surface area contributed by atoms with Gasteiger partial charge in [0, 0.05) is 18.3 Å². The van der Waals surface area contributed by atoms with Crippen molar-refractivity contribution in [1.29, 1.82) is 0 Å². The van der Waals surface area contributed by atoms with Crippen LogP contribution in [-0.2, 0) is 11.3 Å². The van der Waals surface area contributed by atoms with Gasteiger partial charge < -0.3 is 11.5 Å². The Balaban J connectivity index is 2.08. The molecule has 1 aromatic rings. The highest BCUT2D eigenvalue weighted by atomic mass is 16.1. The summed E-state index contributed by atoms with van der Waals surface area (Å²) < 4.78 is 0. The number of nitrogens with zero attached hydrogens (tertiary/aromatic N) is 1. The van der Waals surface area contributed by atoms with Crippen molar-refractivity contribution in [2.24, 2.45) is 11.7 Å². The van der Waals surface area contributed by atoms with Crippen molar-refractivity contribution in [2.45, 2.75) is 51.6 Å².